The van der Waals surface area contributed by atoms with Gasteiger partial charge in [0.2, 0.25) is 0 Å². The van der Waals surface area contributed by atoms with E-state index in [-0.39, 0.29) is 24.7 Å². The molecule has 1 N–H and O–H groups in total. The topological polar surface area (TPSA) is 92.4 Å². The number of ether oxygens (including phenoxy) is 1. The van der Waals surface area contributed by atoms with Crippen molar-refractivity contribution in [1.29, 1.82) is 0 Å². The number of hydrogen-bond donors (Lipinski definition) is 1. The lowest BCUT2D eigenvalue weighted by Gasteiger charge is -2.18. The number of sulfonamides is 1. The Morgan fingerprint density at radius 3 is 2.61 bits per heavy atom. The van der Waals surface area contributed by atoms with E-state index in [2.05, 4.69) is 9.97 Å². The van der Waals surface area contributed by atoms with Crippen molar-refractivity contribution in [3.8, 4) is 0 Å². The maximum Gasteiger partial charge on any atom is 0.321 e. The quantitative estimate of drug-likeness (QED) is 0.753. The lowest BCUT2D eigenvalue weighted by molar-refractivity contribution is -0.143. The van der Waals surface area contributed by atoms with Gasteiger partial charge in [-0.25, -0.2) is 13.4 Å². The van der Waals surface area contributed by atoms with Gasteiger partial charge in [-0.3, -0.25) is 4.79 Å². The maximum atomic E-state index is 12.2. The zero-order valence-corrected chi connectivity index (χ0v) is 11.5. The minimum Gasteiger partial charge on any atom is -0.465 e. The van der Waals surface area contributed by atoms with Crippen LogP contribution in [0.4, 0.5) is 0 Å². The van der Waals surface area contributed by atoms with Crippen molar-refractivity contribution in [2.24, 2.45) is 0 Å². The normalized spacial score (nSPS) is 11.8. The number of aromatic amines is 1. The van der Waals surface area contributed by atoms with Gasteiger partial charge in [0.15, 0.2) is 5.03 Å². The van der Waals surface area contributed by atoms with Crippen LogP contribution in [0.1, 0.15) is 19.7 Å². The van der Waals surface area contributed by atoms with Gasteiger partial charge in [0.1, 0.15) is 12.4 Å². The van der Waals surface area contributed by atoms with Crippen molar-refractivity contribution in [1.82, 2.24) is 14.3 Å². The van der Waals surface area contributed by atoms with Crippen LogP contribution in [0.15, 0.2) is 11.2 Å². The predicted molar refractivity (Wildman–Crippen MR) is 64.4 cm³/mol. The van der Waals surface area contributed by atoms with E-state index < -0.39 is 16.0 Å². The number of hydrogen-bond acceptors (Lipinski definition) is 5. The molecule has 102 valence electrons. The number of carbonyl (C=O) groups is 1. The molecule has 0 aliphatic heterocycles. The molecule has 0 saturated carbocycles. The fraction of sp³-hybridized carbons (Fsp3) is 0.600. The third-order valence-electron chi connectivity index (χ3n) is 2.26. The summed E-state index contributed by atoms with van der Waals surface area (Å²) >= 11 is 0. The van der Waals surface area contributed by atoms with E-state index in [1.807, 2.05) is 0 Å². The summed E-state index contributed by atoms with van der Waals surface area (Å²) in [5, 5.41) is -0.0221. The second-order valence-corrected chi connectivity index (χ2v) is 5.48. The number of H-pyrrole nitrogens is 1. The molecule has 1 aromatic rings. The molecule has 0 radical (unpaired) electrons. The molecule has 0 unspecified atom stereocenters. The Morgan fingerprint density at radius 1 is 1.50 bits per heavy atom. The Kier molecular flexibility index (Phi) is 4.85. The smallest absolute Gasteiger partial charge is 0.321 e. The summed E-state index contributed by atoms with van der Waals surface area (Å²) in [6, 6.07) is 0. The van der Waals surface area contributed by atoms with Gasteiger partial charge < -0.3 is 9.72 Å². The summed E-state index contributed by atoms with van der Waals surface area (Å²) in [5.41, 5.74) is 0. The minimum atomic E-state index is -3.73. The molecule has 8 heteroatoms. The second-order valence-electron chi connectivity index (χ2n) is 3.57. The molecule has 0 aromatic carbocycles. The zero-order valence-electron chi connectivity index (χ0n) is 10.6. The fourth-order valence-corrected chi connectivity index (χ4v) is 2.74. The fourth-order valence-electron chi connectivity index (χ4n) is 1.39. The summed E-state index contributed by atoms with van der Waals surface area (Å²) in [6.45, 7) is 5.07. The molecular formula is C10H17N3O4S. The van der Waals surface area contributed by atoms with Crippen molar-refractivity contribution in [3.05, 3.63) is 12.0 Å². The third kappa shape index (κ3) is 3.30. The Bertz CT molecular complexity index is 509. The van der Waals surface area contributed by atoms with Gasteiger partial charge in [0.25, 0.3) is 10.0 Å². The number of carbonyl (C=O) groups excluding carboxylic acids is 1. The highest BCUT2D eigenvalue weighted by atomic mass is 32.2. The van der Waals surface area contributed by atoms with Crippen LogP contribution in [-0.2, 0) is 19.6 Å². The number of nitrogens with zero attached hydrogens (tertiary/aromatic N) is 2. The van der Waals surface area contributed by atoms with E-state index in [0.717, 1.165) is 4.31 Å². The van der Waals surface area contributed by atoms with E-state index in [1.54, 1.807) is 20.8 Å². The number of rotatable bonds is 6. The largest absolute Gasteiger partial charge is 0.465 e. The van der Waals surface area contributed by atoms with Crippen molar-refractivity contribution in [3.63, 3.8) is 0 Å². The van der Waals surface area contributed by atoms with Gasteiger partial charge in [-0.1, -0.05) is 6.92 Å². The predicted octanol–water partition coefficient (Wildman–Crippen LogP) is 0.292. The first-order chi connectivity index (χ1) is 8.41. The average molecular weight is 275 g/mol. The van der Waals surface area contributed by atoms with Crippen molar-refractivity contribution in [2.75, 3.05) is 19.7 Å². The number of likely N-dealkylation sites (N-methyl/N-ethyl adjacent to an activating group) is 1. The van der Waals surface area contributed by atoms with Crippen LogP contribution >= 0.6 is 0 Å². The van der Waals surface area contributed by atoms with E-state index in [1.165, 1.54) is 6.20 Å². The zero-order chi connectivity index (χ0) is 13.8. The number of esters is 1. The lowest BCUT2D eigenvalue weighted by Crippen LogP contribution is -2.36. The van der Waals surface area contributed by atoms with Gasteiger partial charge in [0.05, 0.1) is 12.8 Å². The van der Waals surface area contributed by atoms with Crippen molar-refractivity contribution in [2.45, 2.75) is 25.8 Å². The standard InChI is InChI=1S/C10H17N3O4S/c1-4-13(7-10(14)17-5-2)18(15,16)9-6-11-8(3)12-9/h6H,4-5,7H2,1-3H3,(H,11,12). The van der Waals surface area contributed by atoms with Crippen LogP contribution < -0.4 is 0 Å². The monoisotopic (exact) mass is 275 g/mol. The Hall–Kier alpha value is -1.41. The highest BCUT2D eigenvalue weighted by Crippen LogP contribution is 2.12. The molecule has 1 rings (SSSR count). The highest BCUT2D eigenvalue weighted by molar-refractivity contribution is 7.89. The van der Waals surface area contributed by atoms with Crippen LogP contribution in [0.25, 0.3) is 0 Å². The lowest BCUT2D eigenvalue weighted by atomic mass is 10.6. The van der Waals surface area contributed by atoms with Gasteiger partial charge in [-0.2, -0.15) is 4.31 Å². The Balaban J connectivity index is 2.90. The number of aryl methyl sites for hydroxylation is 1. The van der Waals surface area contributed by atoms with Crippen LogP contribution in [0, 0.1) is 6.92 Å². The van der Waals surface area contributed by atoms with Gasteiger partial charge >= 0.3 is 5.97 Å². The summed E-state index contributed by atoms with van der Waals surface area (Å²) < 4.78 is 30.1. The molecule has 1 aromatic heterocycles. The summed E-state index contributed by atoms with van der Waals surface area (Å²) in [5.74, 6) is -0.0695. The minimum absolute atomic E-state index is 0.0221. The molecule has 0 fully saturated rings. The molecule has 0 aliphatic carbocycles. The molecule has 7 nitrogen and oxygen atoms in total. The molecule has 18 heavy (non-hydrogen) atoms. The van der Waals surface area contributed by atoms with Crippen molar-refractivity contribution < 1.29 is 17.9 Å². The summed E-state index contributed by atoms with van der Waals surface area (Å²) in [7, 11) is -3.73. The molecule has 0 spiro atoms. The maximum absolute atomic E-state index is 12.2. The first kappa shape index (κ1) is 14.7. The first-order valence-corrected chi connectivity index (χ1v) is 7.03. The molecule has 0 aliphatic rings. The van der Waals surface area contributed by atoms with E-state index in [0.29, 0.717) is 5.82 Å². The molecule has 0 amide bonds. The van der Waals surface area contributed by atoms with E-state index >= 15 is 0 Å². The molecular weight excluding hydrogens is 258 g/mol. The van der Waals surface area contributed by atoms with Gasteiger partial charge in [-0.15, -0.1) is 0 Å². The highest BCUT2D eigenvalue weighted by Gasteiger charge is 2.27. The molecule has 0 bridgehead atoms. The Morgan fingerprint density at radius 2 is 2.17 bits per heavy atom. The third-order valence-corrected chi connectivity index (χ3v) is 4.09. The number of nitrogens with one attached hydrogen (secondary N) is 1. The first-order valence-electron chi connectivity index (χ1n) is 5.59. The number of aromatic nitrogens is 2. The molecule has 0 atom stereocenters. The average Bonchev–Trinajstić information content (AvgIpc) is 2.73. The van der Waals surface area contributed by atoms with Crippen molar-refractivity contribution >= 4 is 16.0 Å². The van der Waals surface area contributed by atoms with Crippen LogP contribution in [-0.4, -0.2) is 48.4 Å². The van der Waals surface area contributed by atoms with E-state index in [4.69, 9.17) is 4.74 Å². The van der Waals surface area contributed by atoms with Crippen LogP contribution in [0.5, 0.6) is 0 Å². The SMILES string of the molecule is CCOC(=O)CN(CC)S(=O)(=O)c1cnc(C)[nH]1. The van der Waals surface area contributed by atoms with Gasteiger partial charge in [0, 0.05) is 6.54 Å². The molecule has 0 saturated heterocycles. The molecule has 1 heterocycles. The summed E-state index contributed by atoms with van der Waals surface area (Å²) in [4.78, 5) is 17.8. The van der Waals surface area contributed by atoms with E-state index in [9.17, 15) is 13.2 Å². The Labute approximate surface area is 106 Å². The van der Waals surface area contributed by atoms with Crippen LogP contribution in [0.2, 0.25) is 0 Å². The van der Waals surface area contributed by atoms with Crippen LogP contribution in [0.3, 0.4) is 0 Å². The summed E-state index contributed by atoms with van der Waals surface area (Å²) in [6.07, 6.45) is 1.23. The number of imidazole rings is 1. The second kappa shape index (κ2) is 5.96. The van der Waals surface area contributed by atoms with Gasteiger partial charge in [-0.05, 0) is 13.8 Å².